The summed E-state index contributed by atoms with van der Waals surface area (Å²) in [7, 11) is 0. The Labute approximate surface area is 158 Å². The molecule has 140 valence electrons. The fourth-order valence-corrected chi connectivity index (χ4v) is 3.99. The van der Waals surface area contributed by atoms with Gasteiger partial charge in [0.1, 0.15) is 12.1 Å². The topological polar surface area (TPSA) is 75.6 Å². The molecule has 2 aliphatic carbocycles. The number of alkyl carbamates (subject to hydrolysis) is 1. The van der Waals surface area contributed by atoms with E-state index in [-0.39, 0.29) is 12.5 Å². The molecule has 0 aliphatic heterocycles. The highest BCUT2D eigenvalue weighted by atomic mass is 16.5. The third-order valence-corrected chi connectivity index (χ3v) is 6.33. The molecule has 4 rings (SSSR count). The lowest BCUT2D eigenvalue weighted by molar-refractivity contribution is -0.146. The van der Waals surface area contributed by atoms with Crippen LogP contribution in [0.5, 0.6) is 0 Å². The summed E-state index contributed by atoms with van der Waals surface area (Å²) in [5, 5.41) is 12.2. The first-order valence-corrected chi connectivity index (χ1v) is 9.22. The van der Waals surface area contributed by atoms with Crippen LogP contribution in [0.25, 0.3) is 11.1 Å². The molecule has 1 fully saturated rings. The van der Waals surface area contributed by atoms with E-state index in [0.717, 1.165) is 35.1 Å². The smallest absolute Gasteiger partial charge is 0.408 e. The monoisotopic (exact) mass is 365 g/mol. The Bertz CT molecular complexity index is 873. The first-order chi connectivity index (χ1) is 12.9. The van der Waals surface area contributed by atoms with Crippen LogP contribution >= 0.6 is 0 Å². The molecule has 0 bridgehead atoms. The van der Waals surface area contributed by atoms with E-state index in [4.69, 9.17) is 4.74 Å². The van der Waals surface area contributed by atoms with Crippen molar-refractivity contribution >= 4 is 12.1 Å². The zero-order valence-corrected chi connectivity index (χ0v) is 15.5. The predicted octanol–water partition coefficient (Wildman–Crippen LogP) is 4.17. The molecule has 1 unspecified atom stereocenters. The van der Waals surface area contributed by atoms with Crippen molar-refractivity contribution in [1.82, 2.24) is 5.32 Å². The van der Waals surface area contributed by atoms with E-state index >= 15 is 0 Å². The maximum absolute atomic E-state index is 12.4. The van der Waals surface area contributed by atoms with Crippen LogP contribution in [0.2, 0.25) is 0 Å². The molecule has 2 N–H and O–H groups in total. The molecule has 2 aromatic carbocycles. The second kappa shape index (κ2) is 6.12. The van der Waals surface area contributed by atoms with Crippen LogP contribution in [0, 0.1) is 5.41 Å². The predicted molar refractivity (Wildman–Crippen MR) is 102 cm³/mol. The second-order valence-corrected chi connectivity index (χ2v) is 7.94. The third-order valence-electron chi connectivity index (χ3n) is 6.33. The fraction of sp³-hybridized carbons (Fsp3) is 0.364. The van der Waals surface area contributed by atoms with Gasteiger partial charge in [0.15, 0.2) is 0 Å². The summed E-state index contributed by atoms with van der Waals surface area (Å²) in [4.78, 5) is 24.2. The number of aliphatic carboxylic acids is 1. The first-order valence-electron chi connectivity index (χ1n) is 9.22. The van der Waals surface area contributed by atoms with Crippen LogP contribution in [0.15, 0.2) is 48.5 Å². The molecular weight excluding hydrogens is 342 g/mol. The molecule has 1 atom stereocenters. The molecule has 2 aliphatic rings. The molecule has 1 amide bonds. The van der Waals surface area contributed by atoms with Gasteiger partial charge in [-0.3, -0.25) is 0 Å². The van der Waals surface area contributed by atoms with Crippen molar-refractivity contribution in [3.05, 3.63) is 59.7 Å². The van der Waals surface area contributed by atoms with Crippen molar-refractivity contribution in [1.29, 1.82) is 0 Å². The maximum atomic E-state index is 12.4. The second-order valence-electron chi connectivity index (χ2n) is 7.94. The van der Waals surface area contributed by atoms with Gasteiger partial charge in [-0.2, -0.15) is 0 Å². The number of carbonyl (C=O) groups excluding carboxylic acids is 1. The average molecular weight is 365 g/mol. The lowest BCUT2D eigenvalue weighted by Gasteiger charge is -2.32. The fourth-order valence-electron chi connectivity index (χ4n) is 3.99. The summed E-state index contributed by atoms with van der Waals surface area (Å²) >= 11 is 0. The van der Waals surface area contributed by atoms with Crippen LogP contribution in [-0.2, 0) is 9.53 Å². The van der Waals surface area contributed by atoms with Gasteiger partial charge in [-0.1, -0.05) is 55.5 Å². The van der Waals surface area contributed by atoms with Crippen molar-refractivity contribution in [2.24, 2.45) is 5.41 Å². The number of carbonyl (C=O) groups is 2. The zero-order valence-electron chi connectivity index (χ0n) is 15.5. The van der Waals surface area contributed by atoms with E-state index < -0.39 is 23.0 Å². The molecule has 0 heterocycles. The van der Waals surface area contributed by atoms with Crippen LogP contribution in [0.4, 0.5) is 4.79 Å². The van der Waals surface area contributed by atoms with E-state index in [9.17, 15) is 14.7 Å². The van der Waals surface area contributed by atoms with Crippen molar-refractivity contribution in [3.63, 3.8) is 0 Å². The minimum Gasteiger partial charge on any atom is -0.479 e. The Morgan fingerprint density at radius 1 is 1.11 bits per heavy atom. The number of amides is 1. The van der Waals surface area contributed by atoms with E-state index in [1.807, 2.05) is 43.3 Å². The van der Waals surface area contributed by atoms with Crippen LogP contribution in [0.1, 0.15) is 43.7 Å². The Morgan fingerprint density at radius 3 is 2.11 bits per heavy atom. The molecule has 0 aromatic heterocycles. The highest BCUT2D eigenvalue weighted by molar-refractivity contribution is 5.85. The van der Waals surface area contributed by atoms with E-state index in [0.29, 0.717) is 0 Å². The normalized spacial score (nSPS) is 18.7. The molecule has 5 heteroatoms. The minimum absolute atomic E-state index is 0.0456. The van der Waals surface area contributed by atoms with Gasteiger partial charge in [-0.15, -0.1) is 0 Å². The largest absolute Gasteiger partial charge is 0.479 e. The summed E-state index contributed by atoms with van der Waals surface area (Å²) in [6.07, 6.45) is 0.869. The van der Waals surface area contributed by atoms with Crippen molar-refractivity contribution in [3.8, 4) is 11.1 Å². The Morgan fingerprint density at radius 2 is 1.63 bits per heavy atom. The molecule has 27 heavy (non-hydrogen) atoms. The first kappa shape index (κ1) is 17.6. The number of benzene rings is 2. The van der Waals surface area contributed by atoms with Crippen LogP contribution in [0.3, 0.4) is 0 Å². The van der Waals surface area contributed by atoms with E-state index in [1.165, 1.54) is 0 Å². The van der Waals surface area contributed by atoms with E-state index in [2.05, 4.69) is 17.4 Å². The van der Waals surface area contributed by atoms with Crippen LogP contribution < -0.4 is 5.32 Å². The Kier molecular flexibility index (Phi) is 3.98. The number of rotatable bonds is 5. The summed E-state index contributed by atoms with van der Waals surface area (Å²) in [5.74, 6) is -1.08. The summed E-state index contributed by atoms with van der Waals surface area (Å²) < 4.78 is 5.50. The van der Waals surface area contributed by atoms with Gasteiger partial charge in [0.25, 0.3) is 0 Å². The lowest BCUT2D eigenvalue weighted by atomic mass is 9.84. The summed E-state index contributed by atoms with van der Waals surface area (Å²) in [5.41, 5.74) is 2.81. The van der Waals surface area contributed by atoms with E-state index in [1.54, 1.807) is 6.92 Å². The number of ether oxygens (including phenoxy) is 1. The summed E-state index contributed by atoms with van der Waals surface area (Å²) in [6.45, 7) is 3.61. The van der Waals surface area contributed by atoms with Gasteiger partial charge >= 0.3 is 12.1 Å². The van der Waals surface area contributed by atoms with Gasteiger partial charge in [-0.25, -0.2) is 9.59 Å². The molecule has 5 nitrogen and oxygen atoms in total. The van der Waals surface area contributed by atoms with Crippen molar-refractivity contribution < 1.29 is 19.4 Å². The van der Waals surface area contributed by atoms with Gasteiger partial charge < -0.3 is 15.2 Å². The third kappa shape index (κ3) is 2.78. The number of nitrogens with one attached hydrogen (secondary N) is 1. The highest BCUT2D eigenvalue weighted by Crippen LogP contribution is 2.53. The number of carboxylic acid groups (broad SMARTS) is 1. The SMILES string of the molecule is CC1(C(C)(NC(=O)OCC2c3ccccc3-c3ccccc32)C(=O)O)CC1. The average Bonchev–Trinajstić information content (AvgIpc) is 3.33. The molecule has 0 radical (unpaired) electrons. The highest BCUT2D eigenvalue weighted by Gasteiger charge is 2.59. The molecule has 0 spiro atoms. The zero-order chi connectivity index (χ0) is 19.2. The number of hydrogen-bond donors (Lipinski definition) is 2. The quantitative estimate of drug-likeness (QED) is 0.834. The van der Waals surface area contributed by atoms with Gasteiger partial charge in [-0.05, 0) is 42.0 Å². The minimum atomic E-state index is -1.32. The molecule has 0 saturated heterocycles. The van der Waals surface area contributed by atoms with Gasteiger partial charge in [0.05, 0.1) is 0 Å². The molecular formula is C22H23NO4. The van der Waals surface area contributed by atoms with Crippen molar-refractivity contribution in [2.75, 3.05) is 6.61 Å². The summed E-state index contributed by atoms with van der Waals surface area (Å²) in [6, 6.07) is 16.2. The molecule has 1 saturated carbocycles. The number of carboxylic acids is 1. The maximum Gasteiger partial charge on any atom is 0.408 e. The lowest BCUT2D eigenvalue weighted by Crippen LogP contribution is -2.57. The standard InChI is InChI=1S/C22H23NO4/c1-21(11-12-21)22(2,19(24)25)23-20(26)27-13-18-16-9-5-3-7-14(16)15-8-4-6-10-17(15)18/h3-10,18H,11-13H2,1-2H3,(H,23,26)(H,24,25). The van der Waals surface area contributed by atoms with Crippen LogP contribution in [-0.4, -0.2) is 29.3 Å². The molecule has 2 aromatic rings. The van der Waals surface area contributed by atoms with Gasteiger partial charge in [0, 0.05) is 11.3 Å². The van der Waals surface area contributed by atoms with Crippen molar-refractivity contribution in [2.45, 2.75) is 38.1 Å². The Balaban J connectivity index is 1.51. The number of hydrogen-bond acceptors (Lipinski definition) is 3. The van der Waals surface area contributed by atoms with Gasteiger partial charge in [0.2, 0.25) is 0 Å². The Hall–Kier alpha value is -2.82. The number of fused-ring (bicyclic) bond motifs is 3.